The van der Waals surface area contributed by atoms with E-state index in [-0.39, 0.29) is 17.5 Å². The Bertz CT molecular complexity index is 958. The maximum Gasteiger partial charge on any atom is 0.339 e. The van der Waals surface area contributed by atoms with Crippen LogP contribution in [0.15, 0.2) is 35.4 Å². The lowest BCUT2D eigenvalue weighted by atomic mass is 9.72. The van der Waals surface area contributed by atoms with E-state index in [4.69, 9.17) is 0 Å². The van der Waals surface area contributed by atoms with Gasteiger partial charge in [-0.25, -0.2) is 4.79 Å². The first-order valence-electron chi connectivity index (χ1n) is 9.32. The minimum absolute atomic E-state index is 0.112. The van der Waals surface area contributed by atoms with Crippen LogP contribution in [0.5, 0.6) is 0 Å². The van der Waals surface area contributed by atoms with Crippen molar-refractivity contribution in [2.24, 2.45) is 11.8 Å². The van der Waals surface area contributed by atoms with E-state index in [1.54, 1.807) is 0 Å². The van der Waals surface area contributed by atoms with E-state index in [1.807, 2.05) is 25.1 Å². The van der Waals surface area contributed by atoms with Crippen molar-refractivity contribution in [2.45, 2.75) is 25.8 Å². The van der Waals surface area contributed by atoms with Crippen molar-refractivity contribution in [1.29, 1.82) is 0 Å². The highest BCUT2D eigenvalue weighted by Crippen LogP contribution is 2.47. The Labute approximate surface area is 156 Å². The fraction of sp³-hybridized carbons (Fsp3) is 0.381. The summed E-state index contributed by atoms with van der Waals surface area (Å²) < 4.78 is 0. The number of fused-ring (bicyclic) bond motifs is 5. The Morgan fingerprint density at radius 2 is 2.11 bits per heavy atom. The Morgan fingerprint density at radius 1 is 1.33 bits per heavy atom. The monoisotopic (exact) mass is 366 g/mol. The van der Waals surface area contributed by atoms with Crippen LogP contribution >= 0.6 is 0 Å². The number of nitrogens with one attached hydrogen (secondary N) is 1. The molecule has 2 aliphatic heterocycles. The zero-order chi connectivity index (χ0) is 19.1. The Hall–Kier alpha value is -2.73. The van der Waals surface area contributed by atoms with E-state index in [0.29, 0.717) is 24.8 Å². The van der Waals surface area contributed by atoms with Crippen molar-refractivity contribution < 1.29 is 19.5 Å². The fourth-order valence-electron chi connectivity index (χ4n) is 4.89. The third kappa shape index (κ3) is 2.63. The molecule has 0 unspecified atom stereocenters. The van der Waals surface area contributed by atoms with Crippen molar-refractivity contribution in [3.05, 3.63) is 46.7 Å². The highest BCUT2D eigenvalue weighted by atomic mass is 16.4. The van der Waals surface area contributed by atoms with Crippen LogP contribution in [0, 0.1) is 11.8 Å². The minimum atomic E-state index is -1.26. The Balaban J connectivity index is 1.92. The zero-order valence-electron chi connectivity index (χ0n) is 15.1. The molecule has 0 amide bonds. The van der Waals surface area contributed by atoms with Crippen LogP contribution in [0.1, 0.15) is 30.6 Å². The van der Waals surface area contributed by atoms with Crippen LogP contribution in [-0.2, 0) is 20.8 Å². The van der Waals surface area contributed by atoms with E-state index < -0.39 is 11.9 Å². The van der Waals surface area contributed by atoms with Crippen LogP contribution < -0.4 is 0 Å². The number of hydrogen-bond donors (Lipinski definition) is 2. The predicted molar refractivity (Wildman–Crippen MR) is 100 cm³/mol. The van der Waals surface area contributed by atoms with Crippen LogP contribution in [0.2, 0.25) is 0 Å². The summed E-state index contributed by atoms with van der Waals surface area (Å²) in [7, 11) is 0. The number of carbonyl (C=O) groups is 3. The van der Waals surface area contributed by atoms with Crippen LogP contribution in [0.3, 0.4) is 0 Å². The summed E-state index contributed by atoms with van der Waals surface area (Å²) in [5.41, 5.74) is 3.40. The molecule has 4 rings (SSSR count). The number of rotatable bonds is 4. The third-order valence-corrected chi connectivity index (χ3v) is 6.08. The molecule has 1 fully saturated rings. The van der Waals surface area contributed by atoms with Gasteiger partial charge in [-0.05, 0) is 36.0 Å². The molecular weight excluding hydrogens is 344 g/mol. The highest BCUT2D eigenvalue weighted by molar-refractivity contribution is 6.08. The third-order valence-electron chi connectivity index (χ3n) is 6.08. The molecule has 0 spiro atoms. The molecule has 2 aliphatic rings. The molecule has 1 aromatic carbocycles. The Kier molecular flexibility index (Phi) is 4.44. The van der Waals surface area contributed by atoms with Gasteiger partial charge in [0.05, 0.1) is 17.5 Å². The number of para-hydroxylation sites is 1. The lowest BCUT2D eigenvalue weighted by Gasteiger charge is -2.47. The van der Waals surface area contributed by atoms with Gasteiger partial charge in [-0.2, -0.15) is 0 Å². The number of aldehydes is 2. The number of aliphatic carboxylic acids is 1. The van der Waals surface area contributed by atoms with Gasteiger partial charge in [0.1, 0.15) is 6.29 Å². The molecule has 3 heterocycles. The molecule has 0 bridgehead atoms. The Morgan fingerprint density at radius 3 is 2.78 bits per heavy atom. The second-order valence-electron chi connectivity index (χ2n) is 7.31. The molecule has 3 atom stereocenters. The number of carboxylic acid groups (broad SMARTS) is 1. The standard InChI is InChI=1S/C21H22N2O4/c1-2-12-9-23-8-7-14-13-5-3-4-6-17(13)22-19(14)20(23)15(10-24)18(12)16(11-25)21(26)27/h3-6,10-12,15,20,22H,2,7-9H2,1H3,(H,26,27)/t12-,15-,20-/m0/s1. The molecule has 27 heavy (non-hydrogen) atoms. The van der Waals surface area contributed by atoms with Gasteiger partial charge in [0.25, 0.3) is 0 Å². The summed E-state index contributed by atoms with van der Waals surface area (Å²) in [6.07, 6.45) is 2.78. The van der Waals surface area contributed by atoms with E-state index >= 15 is 0 Å². The molecule has 6 nitrogen and oxygen atoms in total. The van der Waals surface area contributed by atoms with Crippen molar-refractivity contribution in [3.63, 3.8) is 0 Å². The molecule has 1 aromatic heterocycles. The minimum Gasteiger partial charge on any atom is -0.478 e. The largest absolute Gasteiger partial charge is 0.478 e. The van der Waals surface area contributed by atoms with Crippen molar-refractivity contribution in [2.75, 3.05) is 13.1 Å². The van der Waals surface area contributed by atoms with Gasteiger partial charge >= 0.3 is 5.97 Å². The second-order valence-corrected chi connectivity index (χ2v) is 7.31. The zero-order valence-corrected chi connectivity index (χ0v) is 15.1. The first kappa shape index (κ1) is 17.7. The first-order valence-corrected chi connectivity index (χ1v) is 9.32. The number of aromatic nitrogens is 1. The average Bonchev–Trinajstić information content (AvgIpc) is 3.06. The van der Waals surface area contributed by atoms with Crippen LogP contribution in [0.25, 0.3) is 10.9 Å². The maximum atomic E-state index is 12.2. The van der Waals surface area contributed by atoms with Gasteiger partial charge in [0.15, 0.2) is 6.29 Å². The summed E-state index contributed by atoms with van der Waals surface area (Å²) in [5.74, 6) is -2.02. The molecule has 2 N–H and O–H groups in total. The van der Waals surface area contributed by atoms with Gasteiger partial charge < -0.3 is 14.9 Å². The van der Waals surface area contributed by atoms with Gasteiger partial charge in [0, 0.05) is 29.7 Å². The number of benzene rings is 1. The molecule has 6 heteroatoms. The van der Waals surface area contributed by atoms with Crippen molar-refractivity contribution >= 4 is 29.4 Å². The van der Waals surface area contributed by atoms with Crippen LogP contribution in [0.4, 0.5) is 0 Å². The van der Waals surface area contributed by atoms with E-state index in [2.05, 4.69) is 16.0 Å². The van der Waals surface area contributed by atoms with Gasteiger partial charge in [0.2, 0.25) is 0 Å². The molecular formula is C21H22N2O4. The normalized spacial score (nSPS) is 26.9. The number of nitrogens with zero attached hydrogens (tertiary/aromatic N) is 1. The fourth-order valence-corrected chi connectivity index (χ4v) is 4.89. The first-order chi connectivity index (χ1) is 13.1. The van der Waals surface area contributed by atoms with Gasteiger partial charge in [-0.3, -0.25) is 9.69 Å². The van der Waals surface area contributed by atoms with Gasteiger partial charge in [-0.1, -0.05) is 25.1 Å². The number of hydrogen-bond acceptors (Lipinski definition) is 4. The number of carbonyl (C=O) groups excluding carboxylic acids is 2. The second kappa shape index (κ2) is 6.78. The van der Waals surface area contributed by atoms with E-state index in [9.17, 15) is 19.5 Å². The lowest BCUT2D eigenvalue weighted by Crippen LogP contribution is -2.49. The highest BCUT2D eigenvalue weighted by Gasteiger charge is 2.45. The van der Waals surface area contributed by atoms with Gasteiger partial charge in [-0.15, -0.1) is 0 Å². The van der Waals surface area contributed by atoms with E-state index in [0.717, 1.165) is 35.8 Å². The molecule has 2 aromatic rings. The predicted octanol–water partition coefficient (Wildman–Crippen LogP) is 2.50. The molecule has 1 saturated heterocycles. The smallest absolute Gasteiger partial charge is 0.339 e. The maximum absolute atomic E-state index is 12.2. The number of piperidine rings is 1. The van der Waals surface area contributed by atoms with Crippen LogP contribution in [-0.4, -0.2) is 46.6 Å². The van der Waals surface area contributed by atoms with Crippen molar-refractivity contribution in [3.8, 4) is 0 Å². The summed E-state index contributed by atoms with van der Waals surface area (Å²) >= 11 is 0. The summed E-state index contributed by atoms with van der Waals surface area (Å²) in [5, 5.41) is 10.7. The molecule has 0 saturated carbocycles. The van der Waals surface area contributed by atoms with E-state index in [1.165, 1.54) is 5.56 Å². The molecule has 140 valence electrons. The number of aromatic amines is 1. The topological polar surface area (TPSA) is 90.5 Å². The number of carboxylic acids is 1. The SMILES string of the molecule is CC[C@H]1CN2CCc3c([nH]c4ccccc34)[C@@H]2[C@@H](C=O)C1=C(C=O)C(=O)O. The van der Waals surface area contributed by atoms with Crippen molar-refractivity contribution in [1.82, 2.24) is 9.88 Å². The average molecular weight is 366 g/mol. The molecule has 0 aliphatic carbocycles. The summed E-state index contributed by atoms with van der Waals surface area (Å²) in [6.45, 7) is 3.44. The summed E-state index contributed by atoms with van der Waals surface area (Å²) in [4.78, 5) is 41.1. The number of H-pyrrole nitrogens is 1. The quantitative estimate of drug-likeness (QED) is 0.376. The summed E-state index contributed by atoms with van der Waals surface area (Å²) in [6, 6.07) is 7.78. The molecule has 0 radical (unpaired) electrons. The lowest BCUT2D eigenvalue weighted by molar-refractivity contribution is -0.133.